The Morgan fingerprint density at radius 2 is 0.949 bits per heavy atom. The summed E-state index contributed by atoms with van der Waals surface area (Å²) in [4.78, 5) is 2.52. The molecule has 0 aliphatic heterocycles. The third-order valence-electron chi connectivity index (χ3n) is 12.5. The van der Waals surface area contributed by atoms with Gasteiger partial charge in [0.1, 0.15) is 11.2 Å². The van der Waals surface area contributed by atoms with Crippen molar-refractivity contribution in [3.05, 3.63) is 247 Å². The second-order valence-electron chi connectivity index (χ2n) is 15.6. The normalized spacial score (nSPS) is 12.9. The Bertz CT molecular complexity index is 3340. The van der Waals surface area contributed by atoms with Gasteiger partial charge in [-0.05, 0) is 80.0 Å². The monoisotopic (exact) mass is 751 g/mol. The molecule has 0 saturated carbocycles. The predicted octanol–water partition coefficient (Wildman–Crippen LogP) is 15.4. The minimum absolute atomic E-state index is 0.547. The Labute approximate surface area is 342 Å². The van der Waals surface area contributed by atoms with Crippen LogP contribution in [-0.4, -0.2) is 0 Å². The quantitative estimate of drug-likeness (QED) is 0.168. The van der Waals surface area contributed by atoms with Crippen molar-refractivity contribution >= 4 is 60.5 Å². The van der Waals surface area contributed by atoms with Gasteiger partial charge in [-0.1, -0.05) is 194 Å². The highest BCUT2D eigenvalue weighted by atomic mass is 16.3. The Morgan fingerprint density at radius 3 is 1.71 bits per heavy atom. The molecule has 0 spiro atoms. The van der Waals surface area contributed by atoms with Crippen LogP contribution in [0.15, 0.2) is 229 Å². The number of furan rings is 1. The van der Waals surface area contributed by atoms with E-state index >= 15 is 0 Å². The molecule has 12 rings (SSSR count). The van der Waals surface area contributed by atoms with E-state index in [-0.39, 0.29) is 0 Å². The van der Waals surface area contributed by atoms with Crippen LogP contribution in [0.2, 0.25) is 0 Å². The zero-order valence-electron chi connectivity index (χ0n) is 32.2. The number of benzene rings is 10. The van der Waals surface area contributed by atoms with E-state index < -0.39 is 5.41 Å². The molecule has 10 aromatic carbocycles. The van der Waals surface area contributed by atoms with Gasteiger partial charge in [-0.15, -0.1) is 0 Å². The molecule has 11 aromatic rings. The Hall–Kier alpha value is -7.68. The Morgan fingerprint density at radius 1 is 0.390 bits per heavy atom. The van der Waals surface area contributed by atoms with Gasteiger partial charge in [0, 0.05) is 38.5 Å². The number of rotatable bonds is 6. The molecule has 0 N–H and O–H groups in total. The smallest absolute Gasteiger partial charge is 0.144 e. The van der Waals surface area contributed by atoms with Gasteiger partial charge >= 0.3 is 0 Å². The molecule has 1 aliphatic carbocycles. The topological polar surface area (TPSA) is 16.4 Å². The molecule has 0 fully saturated rings. The zero-order valence-corrected chi connectivity index (χ0v) is 32.2. The second kappa shape index (κ2) is 13.2. The van der Waals surface area contributed by atoms with Gasteiger partial charge in [0.05, 0.1) is 11.1 Å². The molecule has 0 radical (unpaired) electrons. The van der Waals surface area contributed by atoms with E-state index in [9.17, 15) is 0 Å². The first-order chi connectivity index (χ1) is 29.3. The number of fused-ring (bicyclic) bond motifs is 9. The number of para-hydroxylation sites is 1. The standard InChI is InChI=1S/C57H37NO/c1-4-19-39(20-5-1)53-54-49-29-15-17-31-52(49)59-56(54)48-28-13-12-27-47(48)55(53)58(43-33-32-38-18-10-11-21-40(38)36-43)44-34-35-46-45-26-14-16-30-50(45)57(51(46)37-44,41-22-6-2-7-23-41)42-24-8-3-9-25-42/h1-37H. The van der Waals surface area contributed by atoms with Gasteiger partial charge in [0.2, 0.25) is 0 Å². The van der Waals surface area contributed by atoms with E-state index in [1.807, 2.05) is 0 Å². The van der Waals surface area contributed by atoms with Crippen LogP contribution >= 0.6 is 0 Å². The highest BCUT2D eigenvalue weighted by Gasteiger charge is 2.46. The fraction of sp³-hybridized carbons (Fsp3) is 0.0175. The molecule has 59 heavy (non-hydrogen) atoms. The molecule has 276 valence electrons. The summed E-state index contributed by atoms with van der Waals surface area (Å²) in [7, 11) is 0. The van der Waals surface area contributed by atoms with Crippen molar-refractivity contribution in [2.75, 3.05) is 4.90 Å². The predicted molar refractivity (Wildman–Crippen MR) is 246 cm³/mol. The molecule has 0 atom stereocenters. The molecule has 1 aliphatic rings. The number of hydrogen-bond donors (Lipinski definition) is 0. The number of hydrogen-bond acceptors (Lipinski definition) is 2. The van der Waals surface area contributed by atoms with Gasteiger partial charge in [-0.25, -0.2) is 0 Å². The first kappa shape index (κ1) is 33.5. The van der Waals surface area contributed by atoms with Crippen LogP contribution in [0.1, 0.15) is 22.3 Å². The lowest BCUT2D eigenvalue weighted by atomic mass is 9.67. The highest BCUT2D eigenvalue weighted by molar-refractivity contribution is 6.27. The fourth-order valence-electron chi connectivity index (χ4n) is 10.0. The van der Waals surface area contributed by atoms with Gasteiger partial charge in [0.25, 0.3) is 0 Å². The van der Waals surface area contributed by atoms with Gasteiger partial charge in [-0.3, -0.25) is 0 Å². The van der Waals surface area contributed by atoms with Crippen LogP contribution in [0.3, 0.4) is 0 Å². The maximum Gasteiger partial charge on any atom is 0.144 e. The Balaban J connectivity index is 1.25. The van der Waals surface area contributed by atoms with E-state index in [2.05, 4.69) is 229 Å². The van der Waals surface area contributed by atoms with Crippen LogP contribution in [-0.2, 0) is 5.41 Å². The molecular weight excluding hydrogens is 715 g/mol. The summed E-state index contributed by atoms with van der Waals surface area (Å²) >= 11 is 0. The Kier molecular flexibility index (Phi) is 7.48. The van der Waals surface area contributed by atoms with Crippen LogP contribution in [0.4, 0.5) is 17.1 Å². The molecular formula is C57H37NO. The van der Waals surface area contributed by atoms with Crippen molar-refractivity contribution in [2.24, 2.45) is 0 Å². The maximum absolute atomic E-state index is 6.83. The molecule has 0 amide bonds. The summed E-state index contributed by atoms with van der Waals surface area (Å²) in [6, 6.07) is 81.9. The van der Waals surface area contributed by atoms with Crippen molar-refractivity contribution in [1.82, 2.24) is 0 Å². The first-order valence-electron chi connectivity index (χ1n) is 20.3. The van der Waals surface area contributed by atoms with Gasteiger partial charge < -0.3 is 9.32 Å². The van der Waals surface area contributed by atoms with Crippen molar-refractivity contribution in [3.63, 3.8) is 0 Å². The van der Waals surface area contributed by atoms with Crippen LogP contribution in [0.5, 0.6) is 0 Å². The fourth-order valence-corrected chi connectivity index (χ4v) is 10.0. The van der Waals surface area contributed by atoms with Crippen molar-refractivity contribution < 1.29 is 4.42 Å². The summed E-state index contributed by atoms with van der Waals surface area (Å²) in [5.41, 5.74) is 14.3. The average Bonchev–Trinajstić information content (AvgIpc) is 3.84. The average molecular weight is 752 g/mol. The molecule has 2 heteroatoms. The van der Waals surface area contributed by atoms with E-state index in [4.69, 9.17) is 4.42 Å². The lowest BCUT2D eigenvalue weighted by molar-refractivity contribution is 0.673. The van der Waals surface area contributed by atoms with Crippen LogP contribution in [0, 0.1) is 0 Å². The SMILES string of the molecule is c1ccc(-c2c(N(c3ccc4c(c3)C(c3ccccc3)(c3ccccc3)c3ccccc3-4)c3ccc4ccccc4c3)c3ccccc3c3oc4ccccc4c23)cc1. The van der Waals surface area contributed by atoms with Crippen molar-refractivity contribution in [1.29, 1.82) is 0 Å². The molecule has 1 heterocycles. The van der Waals surface area contributed by atoms with Crippen LogP contribution in [0.25, 0.3) is 65.7 Å². The maximum atomic E-state index is 6.83. The largest absolute Gasteiger partial charge is 0.455 e. The highest BCUT2D eigenvalue weighted by Crippen LogP contribution is 2.58. The number of nitrogens with zero attached hydrogens (tertiary/aromatic N) is 1. The molecule has 2 nitrogen and oxygen atoms in total. The minimum Gasteiger partial charge on any atom is -0.455 e. The van der Waals surface area contributed by atoms with Gasteiger partial charge in [0.15, 0.2) is 0 Å². The molecule has 0 saturated heterocycles. The number of anilines is 3. The lowest BCUT2D eigenvalue weighted by Crippen LogP contribution is -2.28. The zero-order chi connectivity index (χ0) is 38.9. The van der Waals surface area contributed by atoms with Crippen molar-refractivity contribution in [3.8, 4) is 22.3 Å². The third-order valence-corrected chi connectivity index (χ3v) is 12.5. The summed E-state index contributed by atoms with van der Waals surface area (Å²) in [5.74, 6) is 0. The van der Waals surface area contributed by atoms with Gasteiger partial charge in [-0.2, -0.15) is 0 Å². The third kappa shape index (κ3) is 4.93. The van der Waals surface area contributed by atoms with E-state index in [1.54, 1.807) is 0 Å². The second-order valence-corrected chi connectivity index (χ2v) is 15.6. The lowest BCUT2D eigenvalue weighted by Gasteiger charge is -2.35. The van der Waals surface area contributed by atoms with E-state index in [0.717, 1.165) is 60.9 Å². The summed E-state index contributed by atoms with van der Waals surface area (Å²) in [5, 5.41) is 6.80. The van der Waals surface area contributed by atoms with Crippen molar-refractivity contribution in [2.45, 2.75) is 5.41 Å². The first-order valence-corrected chi connectivity index (χ1v) is 20.3. The molecule has 1 aromatic heterocycles. The molecule has 0 bridgehead atoms. The summed E-state index contributed by atoms with van der Waals surface area (Å²) in [6.45, 7) is 0. The summed E-state index contributed by atoms with van der Waals surface area (Å²) < 4.78 is 6.83. The molecule has 0 unspecified atom stereocenters. The van der Waals surface area contributed by atoms with Crippen LogP contribution < -0.4 is 4.90 Å². The van der Waals surface area contributed by atoms with E-state index in [1.165, 1.54) is 44.2 Å². The minimum atomic E-state index is -0.547. The van der Waals surface area contributed by atoms with E-state index in [0.29, 0.717) is 0 Å². The summed E-state index contributed by atoms with van der Waals surface area (Å²) in [6.07, 6.45) is 0.